The Bertz CT molecular complexity index is 335. The summed E-state index contributed by atoms with van der Waals surface area (Å²) in [7, 11) is 0. The summed E-state index contributed by atoms with van der Waals surface area (Å²) in [6.07, 6.45) is 0. The second-order valence-corrected chi connectivity index (χ2v) is 3.81. The lowest BCUT2D eigenvalue weighted by atomic mass is 10.2. The lowest BCUT2D eigenvalue weighted by molar-refractivity contribution is 0.340. The molecule has 3 nitrogen and oxygen atoms in total. The largest absolute Gasteiger partial charge is 0.494 e. The molecule has 0 aliphatic rings. The third-order valence-corrected chi connectivity index (χ3v) is 2.75. The van der Waals surface area contributed by atoms with Crippen LogP contribution in [-0.2, 0) is 0 Å². The average Bonchev–Trinajstić information content (AvgIpc) is 2.34. The summed E-state index contributed by atoms with van der Waals surface area (Å²) < 4.78 is 5.56. The molecule has 1 N–H and O–H groups in total. The highest BCUT2D eigenvalue weighted by Gasteiger charge is 2.09. The van der Waals surface area contributed by atoms with Crippen LogP contribution in [0.5, 0.6) is 5.75 Å². The second kappa shape index (κ2) is 7.05. The quantitative estimate of drug-likeness (QED) is 0.785. The van der Waals surface area contributed by atoms with Gasteiger partial charge in [0.15, 0.2) is 0 Å². The molecular weight excluding hydrogens is 212 g/mol. The summed E-state index contributed by atoms with van der Waals surface area (Å²) in [6, 6.07) is 6.24. The second-order valence-electron chi connectivity index (χ2n) is 3.81. The maximum absolute atomic E-state index is 5.56. The van der Waals surface area contributed by atoms with Crippen molar-refractivity contribution in [2.45, 2.75) is 27.7 Å². The summed E-state index contributed by atoms with van der Waals surface area (Å²) in [5, 5.41) is 3.40. The fourth-order valence-electron chi connectivity index (χ4n) is 1.93. The van der Waals surface area contributed by atoms with Gasteiger partial charge in [0, 0.05) is 25.7 Å². The van der Waals surface area contributed by atoms with Crippen molar-refractivity contribution in [1.82, 2.24) is 0 Å². The van der Waals surface area contributed by atoms with Crippen molar-refractivity contribution in [3.05, 3.63) is 18.2 Å². The molecule has 1 rings (SSSR count). The molecule has 0 fully saturated rings. The van der Waals surface area contributed by atoms with E-state index >= 15 is 0 Å². The van der Waals surface area contributed by atoms with E-state index in [0.29, 0.717) is 6.61 Å². The molecular formula is C14H24N2O. The highest BCUT2D eigenvalue weighted by Crippen LogP contribution is 2.30. The zero-order valence-electron chi connectivity index (χ0n) is 11.4. The fourth-order valence-corrected chi connectivity index (χ4v) is 1.93. The molecule has 1 aromatic rings. The topological polar surface area (TPSA) is 24.5 Å². The van der Waals surface area contributed by atoms with Crippen molar-refractivity contribution in [1.29, 1.82) is 0 Å². The van der Waals surface area contributed by atoms with Crippen LogP contribution >= 0.6 is 0 Å². The third-order valence-electron chi connectivity index (χ3n) is 2.75. The summed E-state index contributed by atoms with van der Waals surface area (Å²) >= 11 is 0. The molecule has 96 valence electrons. The smallest absolute Gasteiger partial charge is 0.121 e. The van der Waals surface area contributed by atoms with Gasteiger partial charge in [0.2, 0.25) is 0 Å². The van der Waals surface area contributed by atoms with Gasteiger partial charge in [-0.2, -0.15) is 0 Å². The minimum Gasteiger partial charge on any atom is -0.494 e. The molecule has 0 saturated carbocycles. The maximum atomic E-state index is 5.56. The monoisotopic (exact) mass is 236 g/mol. The Kier molecular flexibility index (Phi) is 5.67. The predicted molar refractivity (Wildman–Crippen MR) is 75.3 cm³/mol. The van der Waals surface area contributed by atoms with E-state index in [-0.39, 0.29) is 0 Å². The lowest BCUT2D eigenvalue weighted by Gasteiger charge is -2.25. The first-order valence-electron chi connectivity index (χ1n) is 6.52. The van der Waals surface area contributed by atoms with E-state index in [9.17, 15) is 0 Å². The summed E-state index contributed by atoms with van der Waals surface area (Å²) in [6.45, 7) is 12.1. The summed E-state index contributed by atoms with van der Waals surface area (Å²) in [5.74, 6) is 0.941. The first kappa shape index (κ1) is 13.7. The van der Waals surface area contributed by atoms with Gasteiger partial charge in [-0.1, -0.05) is 0 Å². The van der Waals surface area contributed by atoms with Crippen molar-refractivity contribution in [3.63, 3.8) is 0 Å². The fraction of sp³-hybridized carbons (Fsp3) is 0.571. The van der Waals surface area contributed by atoms with Gasteiger partial charge in [-0.15, -0.1) is 0 Å². The van der Waals surface area contributed by atoms with Gasteiger partial charge in [-0.05, 0) is 39.8 Å². The number of hydrogen-bond acceptors (Lipinski definition) is 3. The zero-order valence-corrected chi connectivity index (χ0v) is 11.4. The highest BCUT2D eigenvalue weighted by molar-refractivity contribution is 5.72. The van der Waals surface area contributed by atoms with Crippen molar-refractivity contribution in [2.24, 2.45) is 0 Å². The van der Waals surface area contributed by atoms with E-state index in [2.05, 4.69) is 43.1 Å². The Morgan fingerprint density at radius 1 is 1.12 bits per heavy atom. The third kappa shape index (κ3) is 3.55. The van der Waals surface area contributed by atoms with Crippen molar-refractivity contribution in [3.8, 4) is 5.75 Å². The van der Waals surface area contributed by atoms with Crippen molar-refractivity contribution in [2.75, 3.05) is 36.5 Å². The van der Waals surface area contributed by atoms with E-state index in [1.807, 2.05) is 13.0 Å². The average molecular weight is 236 g/mol. The molecule has 0 radical (unpaired) electrons. The molecule has 0 saturated heterocycles. The Morgan fingerprint density at radius 3 is 2.35 bits per heavy atom. The van der Waals surface area contributed by atoms with Crippen LogP contribution in [0.2, 0.25) is 0 Å². The number of nitrogens with zero attached hydrogens (tertiary/aromatic N) is 1. The van der Waals surface area contributed by atoms with E-state index < -0.39 is 0 Å². The highest BCUT2D eigenvalue weighted by atomic mass is 16.5. The Labute approximate surface area is 105 Å². The van der Waals surface area contributed by atoms with Crippen LogP contribution in [0.15, 0.2) is 18.2 Å². The number of ether oxygens (including phenoxy) is 1. The number of anilines is 2. The first-order valence-corrected chi connectivity index (χ1v) is 6.52. The molecule has 0 atom stereocenters. The van der Waals surface area contributed by atoms with Gasteiger partial charge in [0.05, 0.1) is 18.0 Å². The predicted octanol–water partition coefficient (Wildman–Crippen LogP) is 3.36. The molecule has 17 heavy (non-hydrogen) atoms. The summed E-state index contributed by atoms with van der Waals surface area (Å²) in [5.41, 5.74) is 2.41. The zero-order chi connectivity index (χ0) is 12.7. The molecule has 0 unspecified atom stereocenters. The van der Waals surface area contributed by atoms with Gasteiger partial charge in [0.1, 0.15) is 5.75 Å². The summed E-state index contributed by atoms with van der Waals surface area (Å²) in [4.78, 5) is 2.33. The molecule has 0 aliphatic heterocycles. The Morgan fingerprint density at radius 2 is 1.82 bits per heavy atom. The molecule has 0 spiro atoms. The van der Waals surface area contributed by atoms with Crippen LogP contribution < -0.4 is 15.0 Å². The Hall–Kier alpha value is -1.38. The minimum atomic E-state index is 0.707. The van der Waals surface area contributed by atoms with E-state index in [4.69, 9.17) is 4.74 Å². The number of rotatable bonds is 7. The van der Waals surface area contributed by atoms with E-state index in [0.717, 1.165) is 25.4 Å². The number of hydrogen-bond donors (Lipinski definition) is 1. The Balaban J connectivity index is 3.05. The molecule has 0 bridgehead atoms. The minimum absolute atomic E-state index is 0.707. The van der Waals surface area contributed by atoms with Crippen LogP contribution in [0, 0.1) is 0 Å². The lowest BCUT2D eigenvalue weighted by Crippen LogP contribution is -2.23. The van der Waals surface area contributed by atoms with Crippen molar-refractivity contribution < 1.29 is 4.74 Å². The van der Waals surface area contributed by atoms with Crippen LogP contribution in [0.25, 0.3) is 0 Å². The van der Waals surface area contributed by atoms with Crippen LogP contribution in [0.3, 0.4) is 0 Å². The standard InChI is InChI=1S/C14H24N2O/c1-5-15-13-10-9-12(17-8-4)11-14(13)16(6-2)7-3/h9-11,15H,5-8H2,1-4H3. The van der Waals surface area contributed by atoms with Crippen LogP contribution in [-0.4, -0.2) is 26.2 Å². The SMILES string of the molecule is CCNc1ccc(OCC)cc1N(CC)CC. The normalized spacial score (nSPS) is 10.1. The van der Waals surface area contributed by atoms with Gasteiger partial charge < -0.3 is 15.0 Å². The van der Waals surface area contributed by atoms with Gasteiger partial charge in [0.25, 0.3) is 0 Å². The van der Waals surface area contributed by atoms with Gasteiger partial charge >= 0.3 is 0 Å². The van der Waals surface area contributed by atoms with Crippen LogP contribution in [0.4, 0.5) is 11.4 Å². The number of benzene rings is 1. The first-order chi connectivity index (χ1) is 8.26. The molecule has 1 aromatic carbocycles. The van der Waals surface area contributed by atoms with Gasteiger partial charge in [-0.3, -0.25) is 0 Å². The molecule has 3 heteroatoms. The molecule has 0 heterocycles. The number of nitrogens with one attached hydrogen (secondary N) is 1. The maximum Gasteiger partial charge on any atom is 0.121 e. The molecule has 0 amide bonds. The van der Waals surface area contributed by atoms with Gasteiger partial charge in [-0.25, -0.2) is 0 Å². The van der Waals surface area contributed by atoms with E-state index in [1.54, 1.807) is 0 Å². The van der Waals surface area contributed by atoms with Crippen molar-refractivity contribution >= 4 is 11.4 Å². The molecule has 0 aliphatic carbocycles. The van der Waals surface area contributed by atoms with E-state index in [1.165, 1.54) is 11.4 Å². The molecule has 0 aromatic heterocycles. The van der Waals surface area contributed by atoms with Crippen LogP contribution in [0.1, 0.15) is 27.7 Å².